The predicted molar refractivity (Wildman–Crippen MR) is 79.9 cm³/mol. The van der Waals surface area contributed by atoms with Crippen molar-refractivity contribution in [2.45, 2.75) is 31.6 Å². The summed E-state index contributed by atoms with van der Waals surface area (Å²) in [4.78, 5) is 2.40. The van der Waals surface area contributed by atoms with E-state index < -0.39 is 0 Å². The minimum atomic E-state index is 0.579. The lowest BCUT2D eigenvalue weighted by atomic mass is 9.79. The molecule has 4 heteroatoms. The molecule has 1 heterocycles. The van der Waals surface area contributed by atoms with Gasteiger partial charge in [-0.15, -0.1) is 0 Å². The van der Waals surface area contributed by atoms with Crippen molar-refractivity contribution in [3.05, 3.63) is 26.7 Å². The Hall–Kier alpha value is -0.440. The molecule has 0 amide bonds. The fraction of sp³-hybridized carbons (Fsp3) is 0.600. The topological polar surface area (TPSA) is 12.5 Å². The summed E-state index contributed by atoms with van der Waals surface area (Å²) < 4.78 is 5.53. The Morgan fingerprint density at radius 1 is 1.16 bits per heavy atom. The third-order valence-corrected chi connectivity index (χ3v) is 5.32. The Kier molecular flexibility index (Phi) is 3.67. The highest BCUT2D eigenvalue weighted by atomic mass is 35.5. The van der Waals surface area contributed by atoms with Crippen LogP contribution in [0.15, 0.2) is 0 Å². The van der Waals surface area contributed by atoms with Crippen molar-refractivity contribution in [1.82, 2.24) is 4.90 Å². The predicted octanol–water partition coefficient (Wildman–Crippen LogP) is 3.91. The van der Waals surface area contributed by atoms with Gasteiger partial charge in [-0.1, -0.05) is 23.2 Å². The van der Waals surface area contributed by atoms with Crippen molar-refractivity contribution in [2.24, 2.45) is 0 Å². The summed E-state index contributed by atoms with van der Waals surface area (Å²) in [5, 5.41) is 1.31. The number of hydrogen-bond acceptors (Lipinski definition) is 2. The van der Waals surface area contributed by atoms with E-state index in [1.807, 2.05) is 0 Å². The lowest BCUT2D eigenvalue weighted by Crippen LogP contribution is -2.25. The highest BCUT2D eigenvalue weighted by molar-refractivity contribution is 6.43. The average molecular weight is 300 g/mol. The van der Waals surface area contributed by atoms with E-state index in [-0.39, 0.29) is 0 Å². The van der Waals surface area contributed by atoms with E-state index in [0.29, 0.717) is 16.0 Å². The zero-order chi connectivity index (χ0) is 13.6. The van der Waals surface area contributed by atoms with Crippen LogP contribution in [0.5, 0.6) is 5.75 Å². The van der Waals surface area contributed by atoms with Crippen LogP contribution >= 0.6 is 23.2 Å². The van der Waals surface area contributed by atoms with Gasteiger partial charge in [0.1, 0.15) is 10.8 Å². The lowest BCUT2D eigenvalue weighted by molar-refractivity contribution is 0.312. The van der Waals surface area contributed by atoms with E-state index in [9.17, 15) is 0 Å². The summed E-state index contributed by atoms with van der Waals surface area (Å²) in [6, 6.07) is 0. The summed E-state index contributed by atoms with van der Waals surface area (Å²) in [5.41, 5.74) is 4.00. The quantitative estimate of drug-likeness (QED) is 0.779. The first-order valence-electron chi connectivity index (χ1n) is 6.88. The summed E-state index contributed by atoms with van der Waals surface area (Å²) in [6.07, 6.45) is 4.49. The molecule has 3 rings (SSSR count). The van der Waals surface area contributed by atoms with E-state index in [4.69, 9.17) is 27.9 Å². The molecular formula is C15H19Cl2NO. The Morgan fingerprint density at radius 3 is 2.68 bits per heavy atom. The molecule has 1 aromatic rings. The van der Waals surface area contributed by atoms with Crippen LogP contribution < -0.4 is 4.74 Å². The van der Waals surface area contributed by atoms with Crippen LogP contribution in [0.2, 0.25) is 10.0 Å². The van der Waals surface area contributed by atoms with Crippen LogP contribution in [-0.4, -0.2) is 32.1 Å². The van der Waals surface area contributed by atoms with Gasteiger partial charge in [0.2, 0.25) is 0 Å². The number of likely N-dealkylation sites (N-methyl/N-ethyl adjacent to an activating group) is 1. The van der Waals surface area contributed by atoms with Gasteiger partial charge in [-0.2, -0.15) is 0 Å². The molecule has 1 aliphatic carbocycles. The molecule has 0 fully saturated rings. The van der Waals surface area contributed by atoms with E-state index in [1.54, 1.807) is 7.11 Å². The van der Waals surface area contributed by atoms with Gasteiger partial charge in [-0.3, -0.25) is 0 Å². The van der Waals surface area contributed by atoms with Crippen LogP contribution in [0.25, 0.3) is 0 Å². The van der Waals surface area contributed by atoms with Crippen molar-refractivity contribution < 1.29 is 4.74 Å². The van der Waals surface area contributed by atoms with Gasteiger partial charge < -0.3 is 9.64 Å². The highest BCUT2D eigenvalue weighted by Crippen LogP contribution is 2.48. The van der Waals surface area contributed by atoms with Gasteiger partial charge in [-0.05, 0) is 55.3 Å². The van der Waals surface area contributed by atoms with Crippen molar-refractivity contribution in [2.75, 3.05) is 27.2 Å². The molecule has 0 spiro atoms. The maximum Gasteiger partial charge on any atom is 0.142 e. The molecule has 2 aliphatic rings. The standard InChI is InChI=1S/C15H19Cl2NO/c1-18-7-6-10-12-9(8-18)4-3-5-11(12)15(19-2)14(17)13(10)16/h9H,3-8H2,1-2H3. The Balaban J connectivity index is 2.25. The van der Waals surface area contributed by atoms with E-state index >= 15 is 0 Å². The maximum atomic E-state index is 6.50. The molecule has 0 saturated heterocycles. The molecule has 19 heavy (non-hydrogen) atoms. The number of ether oxygens (including phenoxy) is 1. The zero-order valence-electron chi connectivity index (χ0n) is 11.4. The fourth-order valence-corrected chi connectivity index (χ4v) is 4.20. The number of rotatable bonds is 1. The molecule has 0 aromatic heterocycles. The monoisotopic (exact) mass is 299 g/mol. The second kappa shape index (κ2) is 5.16. The van der Waals surface area contributed by atoms with E-state index in [2.05, 4.69) is 11.9 Å². The van der Waals surface area contributed by atoms with Crippen molar-refractivity contribution >= 4 is 23.2 Å². The maximum absolute atomic E-state index is 6.50. The van der Waals surface area contributed by atoms with Gasteiger partial charge in [0.05, 0.1) is 12.1 Å². The molecule has 104 valence electrons. The molecule has 0 N–H and O–H groups in total. The number of nitrogens with zero attached hydrogens (tertiary/aromatic N) is 1. The third-order valence-electron chi connectivity index (χ3n) is 4.45. The van der Waals surface area contributed by atoms with Gasteiger partial charge in [0.25, 0.3) is 0 Å². The van der Waals surface area contributed by atoms with Crippen LogP contribution in [-0.2, 0) is 12.8 Å². The molecule has 0 bridgehead atoms. The number of methoxy groups -OCH3 is 1. The number of benzene rings is 1. The Labute approximate surface area is 124 Å². The molecule has 1 atom stereocenters. The third kappa shape index (κ3) is 2.14. The normalized spacial score (nSPS) is 22.8. The lowest BCUT2D eigenvalue weighted by Gasteiger charge is -2.30. The van der Waals surface area contributed by atoms with Gasteiger partial charge in [0, 0.05) is 13.1 Å². The second-order valence-electron chi connectivity index (χ2n) is 5.63. The minimum absolute atomic E-state index is 0.579. The summed E-state index contributed by atoms with van der Waals surface area (Å²) >= 11 is 12.9. The largest absolute Gasteiger partial charge is 0.495 e. The average Bonchev–Trinajstić information content (AvgIpc) is 2.56. The van der Waals surface area contributed by atoms with Crippen molar-refractivity contribution in [1.29, 1.82) is 0 Å². The zero-order valence-corrected chi connectivity index (χ0v) is 12.9. The highest BCUT2D eigenvalue weighted by Gasteiger charge is 2.32. The smallest absolute Gasteiger partial charge is 0.142 e. The first kappa shape index (κ1) is 13.5. The van der Waals surface area contributed by atoms with Crippen LogP contribution in [0.4, 0.5) is 0 Å². The molecule has 1 aromatic carbocycles. The van der Waals surface area contributed by atoms with Gasteiger partial charge in [-0.25, -0.2) is 0 Å². The molecule has 2 nitrogen and oxygen atoms in total. The van der Waals surface area contributed by atoms with E-state index in [0.717, 1.165) is 31.7 Å². The summed E-state index contributed by atoms with van der Waals surface area (Å²) in [7, 11) is 3.87. The number of hydrogen-bond donors (Lipinski definition) is 0. The molecule has 0 radical (unpaired) electrons. The van der Waals surface area contributed by atoms with E-state index in [1.165, 1.54) is 29.5 Å². The summed E-state index contributed by atoms with van der Waals surface area (Å²) in [6.45, 7) is 2.16. The van der Waals surface area contributed by atoms with Gasteiger partial charge in [0.15, 0.2) is 0 Å². The Bertz CT molecular complexity index is 516. The number of halogens is 2. The molecular weight excluding hydrogens is 281 g/mol. The molecule has 0 saturated carbocycles. The molecule has 1 aliphatic heterocycles. The van der Waals surface area contributed by atoms with Crippen molar-refractivity contribution in [3.8, 4) is 5.75 Å². The first-order chi connectivity index (χ1) is 9.13. The Morgan fingerprint density at radius 2 is 1.95 bits per heavy atom. The summed E-state index contributed by atoms with van der Waals surface area (Å²) in [5.74, 6) is 1.38. The molecule has 1 unspecified atom stereocenters. The first-order valence-corrected chi connectivity index (χ1v) is 7.64. The van der Waals surface area contributed by atoms with Crippen LogP contribution in [0, 0.1) is 0 Å². The fourth-order valence-electron chi connectivity index (χ4n) is 3.61. The minimum Gasteiger partial charge on any atom is -0.495 e. The second-order valence-corrected chi connectivity index (χ2v) is 6.39. The van der Waals surface area contributed by atoms with Gasteiger partial charge >= 0.3 is 0 Å². The van der Waals surface area contributed by atoms with Crippen LogP contribution in [0.1, 0.15) is 35.4 Å². The SMILES string of the molecule is COc1c(Cl)c(Cl)c2c3c1CCCC3CN(C)CC2. The van der Waals surface area contributed by atoms with Crippen molar-refractivity contribution in [3.63, 3.8) is 0 Å². The van der Waals surface area contributed by atoms with Crippen LogP contribution in [0.3, 0.4) is 0 Å².